The molecule has 0 saturated heterocycles. The minimum Gasteiger partial charge on any atom is -0.464 e. The molecular formula is C17H21NO5. The maximum Gasteiger partial charge on any atom is 0.420 e. The van der Waals surface area contributed by atoms with Crippen molar-refractivity contribution in [2.24, 2.45) is 5.92 Å². The van der Waals surface area contributed by atoms with Crippen molar-refractivity contribution in [3.63, 3.8) is 0 Å². The highest BCUT2D eigenvalue weighted by Gasteiger charge is 2.26. The van der Waals surface area contributed by atoms with Crippen LogP contribution in [0.4, 0.5) is 0 Å². The number of hydrogen-bond donors (Lipinski definition) is 0. The van der Waals surface area contributed by atoms with Crippen LogP contribution in [0.15, 0.2) is 27.4 Å². The second-order valence-corrected chi connectivity index (χ2v) is 5.92. The van der Waals surface area contributed by atoms with Gasteiger partial charge in [0.05, 0.1) is 12.1 Å². The normalized spacial score (nSPS) is 12.6. The van der Waals surface area contributed by atoms with Crippen LogP contribution < -0.4 is 5.76 Å². The first-order valence-electron chi connectivity index (χ1n) is 7.67. The van der Waals surface area contributed by atoms with Gasteiger partial charge < -0.3 is 9.15 Å². The fourth-order valence-electron chi connectivity index (χ4n) is 2.35. The van der Waals surface area contributed by atoms with E-state index in [0.717, 1.165) is 0 Å². The number of benzene rings is 1. The van der Waals surface area contributed by atoms with E-state index in [-0.39, 0.29) is 17.3 Å². The molecule has 0 aliphatic carbocycles. The molecule has 0 bridgehead atoms. The molecule has 124 valence electrons. The average molecular weight is 319 g/mol. The van der Waals surface area contributed by atoms with Crippen LogP contribution in [0.25, 0.3) is 11.1 Å². The molecule has 1 aromatic carbocycles. The van der Waals surface area contributed by atoms with E-state index in [1.165, 1.54) is 17.6 Å². The molecule has 2 rings (SSSR count). The van der Waals surface area contributed by atoms with Gasteiger partial charge in [0.15, 0.2) is 11.4 Å². The van der Waals surface area contributed by atoms with Crippen LogP contribution in [-0.2, 0) is 9.53 Å². The van der Waals surface area contributed by atoms with Gasteiger partial charge in [-0.25, -0.2) is 9.59 Å². The Morgan fingerprint density at radius 3 is 2.57 bits per heavy atom. The van der Waals surface area contributed by atoms with Crippen molar-refractivity contribution in [1.82, 2.24) is 4.57 Å². The van der Waals surface area contributed by atoms with Crippen LogP contribution >= 0.6 is 0 Å². The van der Waals surface area contributed by atoms with E-state index in [4.69, 9.17) is 9.15 Å². The van der Waals surface area contributed by atoms with E-state index in [1.54, 1.807) is 19.1 Å². The summed E-state index contributed by atoms with van der Waals surface area (Å²) in [5, 5.41) is 0. The lowest BCUT2D eigenvalue weighted by molar-refractivity contribution is -0.148. The number of hydrogen-bond acceptors (Lipinski definition) is 5. The monoisotopic (exact) mass is 319 g/mol. The summed E-state index contributed by atoms with van der Waals surface area (Å²) in [6.45, 7) is 7.42. The Morgan fingerprint density at radius 2 is 2.00 bits per heavy atom. The lowest BCUT2D eigenvalue weighted by Crippen LogP contribution is -2.29. The summed E-state index contributed by atoms with van der Waals surface area (Å²) in [7, 11) is 0. The summed E-state index contributed by atoms with van der Waals surface area (Å²) in [6.07, 6.45) is 0.403. The van der Waals surface area contributed by atoms with Crippen molar-refractivity contribution < 1.29 is 18.7 Å². The second kappa shape index (κ2) is 6.81. The number of esters is 1. The van der Waals surface area contributed by atoms with Gasteiger partial charge in [-0.1, -0.05) is 20.8 Å². The highest BCUT2D eigenvalue weighted by Crippen LogP contribution is 2.22. The van der Waals surface area contributed by atoms with Crippen molar-refractivity contribution in [3.8, 4) is 0 Å². The van der Waals surface area contributed by atoms with Gasteiger partial charge in [0.1, 0.15) is 6.04 Å². The number of aromatic nitrogens is 1. The number of rotatable bonds is 6. The lowest BCUT2D eigenvalue weighted by atomic mass is 10.1. The second-order valence-electron chi connectivity index (χ2n) is 5.92. The highest BCUT2D eigenvalue weighted by atomic mass is 16.5. The van der Waals surface area contributed by atoms with E-state index in [2.05, 4.69) is 0 Å². The van der Waals surface area contributed by atoms with E-state index in [9.17, 15) is 14.4 Å². The first-order chi connectivity index (χ1) is 10.8. The third-order valence-electron chi connectivity index (χ3n) is 3.55. The van der Waals surface area contributed by atoms with E-state index < -0.39 is 17.8 Å². The number of ether oxygens (including phenoxy) is 1. The van der Waals surface area contributed by atoms with E-state index in [0.29, 0.717) is 24.1 Å². The molecule has 0 N–H and O–H groups in total. The van der Waals surface area contributed by atoms with Crippen LogP contribution in [0, 0.1) is 5.92 Å². The fraction of sp³-hybridized carbons (Fsp3) is 0.471. The molecule has 1 aromatic heterocycles. The largest absolute Gasteiger partial charge is 0.464 e. The highest BCUT2D eigenvalue weighted by molar-refractivity contribution is 5.97. The Balaban J connectivity index is 2.44. The van der Waals surface area contributed by atoms with Gasteiger partial charge in [0.2, 0.25) is 0 Å². The van der Waals surface area contributed by atoms with Gasteiger partial charge in [0, 0.05) is 5.56 Å². The minimum atomic E-state index is -0.745. The molecule has 0 fully saturated rings. The Labute approximate surface area is 134 Å². The smallest absolute Gasteiger partial charge is 0.420 e. The zero-order chi connectivity index (χ0) is 17.1. The van der Waals surface area contributed by atoms with Crippen molar-refractivity contribution in [2.45, 2.75) is 40.2 Å². The molecule has 0 saturated carbocycles. The third-order valence-corrected chi connectivity index (χ3v) is 3.55. The first kappa shape index (κ1) is 17.0. The van der Waals surface area contributed by atoms with E-state index >= 15 is 0 Å². The maximum atomic E-state index is 12.3. The molecule has 0 radical (unpaired) electrons. The number of carbonyl (C=O) groups excluding carboxylic acids is 2. The quantitative estimate of drug-likeness (QED) is 0.604. The molecular weight excluding hydrogens is 298 g/mol. The predicted molar refractivity (Wildman–Crippen MR) is 85.6 cm³/mol. The Kier molecular flexibility index (Phi) is 5.03. The molecule has 1 unspecified atom stereocenters. The lowest BCUT2D eigenvalue weighted by Gasteiger charge is -2.16. The van der Waals surface area contributed by atoms with Crippen LogP contribution in [-0.4, -0.2) is 22.9 Å². The number of nitrogens with zero attached hydrogens (tertiary/aromatic N) is 1. The van der Waals surface area contributed by atoms with E-state index in [1.807, 2.05) is 13.8 Å². The number of carbonyl (C=O) groups is 2. The van der Waals surface area contributed by atoms with Gasteiger partial charge in [-0.2, -0.15) is 0 Å². The first-order valence-corrected chi connectivity index (χ1v) is 7.67. The number of ketones is 1. The molecule has 23 heavy (non-hydrogen) atoms. The fourth-order valence-corrected chi connectivity index (χ4v) is 2.35. The summed E-state index contributed by atoms with van der Waals surface area (Å²) in [6, 6.07) is 4.00. The molecule has 6 heteroatoms. The van der Waals surface area contributed by atoms with Gasteiger partial charge in [-0.3, -0.25) is 9.36 Å². The predicted octanol–water partition coefficient (Wildman–Crippen LogP) is 2.95. The molecule has 2 aromatic rings. The summed E-state index contributed by atoms with van der Waals surface area (Å²) >= 11 is 0. The zero-order valence-electron chi connectivity index (χ0n) is 13.8. The van der Waals surface area contributed by atoms with Crippen molar-refractivity contribution in [3.05, 3.63) is 34.3 Å². The van der Waals surface area contributed by atoms with Gasteiger partial charge >= 0.3 is 11.7 Å². The Bertz CT molecular complexity index is 784. The summed E-state index contributed by atoms with van der Waals surface area (Å²) in [5.74, 6) is -0.992. The van der Waals surface area contributed by atoms with Crippen molar-refractivity contribution in [2.75, 3.05) is 6.61 Å². The van der Waals surface area contributed by atoms with Gasteiger partial charge in [0.25, 0.3) is 0 Å². The maximum absolute atomic E-state index is 12.3. The van der Waals surface area contributed by atoms with Crippen molar-refractivity contribution in [1.29, 1.82) is 0 Å². The number of oxazole rings is 1. The van der Waals surface area contributed by atoms with Crippen molar-refractivity contribution >= 4 is 22.9 Å². The number of Topliss-reactive ketones (excluding diaryl/α,β-unsaturated/α-hetero) is 1. The average Bonchev–Trinajstić information content (AvgIpc) is 2.81. The Hall–Kier alpha value is -2.37. The van der Waals surface area contributed by atoms with Crippen LogP contribution in [0.5, 0.6) is 0 Å². The number of fused-ring (bicyclic) bond motifs is 1. The zero-order valence-corrected chi connectivity index (χ0v) is 13.8. The molecule has 6 nitrogen and oxygen atoms in total. The molecule has 0 spiro atoms. The van der Waals surface area contributed by atoms with Gasteiger partial charge in [-0.05, 0) is 37.5 Å². The van der Waals surface area contributed by atoms with Crippen LogP contribution in [0.2, 0.25) is 0 Å². The van der Waals surface area contributed by atoms with Gasteiger partial charge in [-0.15, -0.1) is 0 Å². The third kappa shape index (κ3) is 3.52. The molecule has 0 aliphatic rings. The van der Waals surface area contributed by atoms with Crippen LogP contribution in [0.3, 0.4) is 0 Å². The molecule has 0 aliphatic heterocycles. The molecule has 0 amide bonds. The summed E-state index contributed by atoms with van der Waals surface area (Å²) < 4.78 is 11.7. The molecule has 1 atom stereocenters. The Morgan fingerprint density at radius 1 is 1.30 bits per heavy atom. The summed E-state index contributed by atoms with van der Waals surface area (Å²) in [5.41, 5.74) is 1.22. The SMILES string of the molecule is CCC(C(=O)OCC(C)C)n1c(=O)oc2cc(C(C)=O)ccc21. The van der Waals surface area contributed by atoms with Crippen LogP contribution in [0.1, 0.15) is 50.5 Å². The standard InChI is InChI=1S/C17H21NO5/c1-5-13(16(20)22-9-10(2)3)18-14-7-6-12(11(4)19)8-15(14)23-17(18)21/h6-8,10,13H,5,9H2,1-4H3. The minimum absolute atomic E-state index is 0.120. The molecule has 1 heterocycles. The topological polar surface area (TPSA) is 78.5 Å². The summed E-state index contributed by atoms with van der Waals surface area (Å²) in [4.78, 5) is 35.9.